The average molecular weight is 1100 g/mol. The van der Waals surface area contributed by atoms with Crippen LogP contribution in [0.2, 0.25) is 10.0 Å². The number of methoxy groups -OCH3 is 2. The number of likely N-dealkylation sites (N-methyl/N-ethyl adjacent to an activating group) is 2. The lowest BCUT2D eigenvalue weighted by molar-refractivity contribution is -0.123. The van der Waals surface area contributed by atoms with Crippen LogP contribution in [0.1, 0.15) is 31.2 Å². The first-order chi connectivity index (χ1) is 33.8. The van der Waals surface area contributed by atoms with Crippen molar-refractivity contribution in [3.63, 3.8) is 0 Å². The lowest BCUT2D eigenvalue weighted by Gasteiger charge is -2.35. The normalized spacial score (nSPS) is 17.3. The summed E-state index contributed by atoms with van der Waals surface area (Å²) in [6, 6.07) is 10.0. The fraction of sp³-hybridized carbons (Fsp3) is 0.333. The van der Waals surface area contributed by atoms with E-state index in [-0.39, 0.29) is 64.0 Å². The van der Waals surface area contributed by atoms with Gasteiger partial charge in [0.25, 0.3) is 33.0 Å². The van der Waals surface area contributed by atoms with Crippen LogP contribution in [0.25, 0.3) is 0 Å². The lowest BCUT2D eigenvalue weighted by atomic mass is 9.95. The van der Waals surface area contributed by atoms with Crippen LogP contribution < -0.4 is 29.1 Å². The van der Waals surface area contributed by atoms with E-state index in [0.717, 1.165) is 76.9 Å². The third-order valence-corrected chi connectivity index (χ3v) is 16.3. The highest BCUT2D eigenvalue weighted by Crippen LogP contribution is 2.37. The van der Waals surface area contributed by atoms with Crippen LogP contribution in [0, 0.1) is 11.6 Å². The average Bonchev–Trinajstić information content (AvgIpc) is 4.06. The number of carboxylic acid groups (broad SMARTS) is 2. The third-order valence-electron chi connectivity index (χ3n) is 10.8. The molecule has 0 amide bonds. The quantitative estimate of drug-likeness (QED) is 0.0460. The monoisotopic (exact) mass is 1100 g/mol. The van der Waals surface area contributed by atoms with Crippen LogP contribution in [0.4, 0.5) is 30.4 Å². The van der Waals surface area contributed by atoms with Crippen LogP contribution in [-0.4, -0.2) is 126 Å². The second-order valence-electron chi connectivity index (χ2n) is 15.6. The fourth-order valence-electron chi connectivity index (χ4n) is 7.43. The van der Waals surface area contributed by atoms with Gasteiger partial charge in [-0.15, -0.1) is 22.7 Å². The Morgan fingerprint density at radius 3 is 1.69 bits per heavy atom. The molecule has 0 spiro atoms. The van der Waals surface area contributed by atoms with Gasteiger partial charge in [0, 0.05) is 59.0 Å². The highest BCUT2D eigenvalue weighted by atomic mass is 35.5. The van der Waals surface area contributed by atoms with Crippen LogP contribution >= 0.6 is 45.9 Å². The van der Waals surface area contributed by atoms with Crippen molar-refractivity contribution in [2.45, 2.75) is 66.2 Å². The first kappa shape index (κ1) is 58.0. The van der Waals surface area contributed by atoms with Crippen molar-refractivity contribution < 1.29 is 54.9 Å². The number of benzene rings is 3. The van der Waals surface area contributed by atoms with E-state index in [0.29, 0.717) is 28.4 Å². The molecule has 2 aliphatic carbocycles. The van der Waals surface area contributed by atoms with E-state index in [1.165, 1.54) is 26.6 Å². The molecular formula is C45H54Cl2F2N8O10S4. The van der Waals surface area contributed by atoms with Gasteiger partial charge >= 0.3 is 0 Å². The van der Waals surface area contributed by atoms with E-state index in [2.05, 4.69) is 59.4 Å². The summed E-state index contributed by atoms with van der Waals surface area (Å²) in [5.74, 6) is -0.803. The second-order valence-corrected chi connectivity index (χ2v) is 21.7. The Kier molecular flexibility index (Phi) is 22.3. The zero-order valence-corrected chi connectivity index (χ0v) is 44.0. The number of thiazole rings is 2. The summed E-state index contributed by atoms with van der Waals surface area (Å²) in [4.78, 5) is 27.9. The molecule has 2 aromatic heterocycles. The van der Waals surface area contributed by atoms with Gasteiger partial charge in [0.05, 0.1) is 42.2 Å². The molecule has 0 aliphatic heterocycles. The summed E-state index contributed by atoms with van der Waals surface area (Å²) in [6.07, 6.45) is 14.5. The van der Waals surface area contributed by atoms with Gasteiger partial charge in [0.1, 0.15) is 32.9 Å². The number of ether oxygens (including phenoxy) is 2. The van der Waals surface area contributed by atoms with Gasteiger partial charge in [-0.25, -0.2) is 39.9 Å². The van der Waals surface area contributed by atoms with Crippen LogP contribution in [0.3, 0.4) is 0 Å². The number of anilines is 4. The maximum atomic E-state index is 15.5. The van der Waals surface area contributed by atoms with E-state index >= 15 is 4.39 Å². The standard InChI is InChI=1S/C26H30ClFN4O4S2.C17H20ClFN4O2S2.2CH2O2/c1-31(2)23-8-6-5-7-21(23)30-22-15-20(28)25(14-19(22)27)38(33,34)32(26-29-11-12-37-26)16-17-9-10-18(35-3)13-24(17)36-4;1-23(2)15-6-4-3-5-13(15)21-14-10-12(19)16(9-11(14)18)27(24,25)22-17-20-7-8-26-17;2*2-1-3/h5-6,9-15,21,23,30H,7-8,16H2,1-4H3;3-4,7-10,13,15,21H,5-6H2,1-2H3,(H,20,22);2*1H,(H,2,3)/t21-,23-;13-,15-;;/m00../s1. The molecule has 0 bridgehead atoms. The number of sulfonamides is 2. The Morgan fingerprint density at radius 1 is 0.732 bits per heavy atom. The highest BCUT2D eigenvalue weighted by Gasteiger charge is 2.33. The molecule has 2 heterocycles. The molecule has 5 aromatic rings. The molecule has 71 heavy (non-hydrogen) atoms. The van der Waals surface area contributed by atoms with Gasteiger partial charge in [0.15, 0.2) is 10.3 Å². The van der Waals surface area contributed by atoms with Crippen molar-refractivity contribution in [3.8, 4) is 11.5 Å². The fourth-order valence-corrected chi connectivity index (χ4v) is 12.2. The molecule has 7 rings (SSSR count). The minimum Gasteiger partial charge on any atom is -0.497 e. The SMILES string of the molecule is CN(C)[C@H]1CC=CC[C@@H]1Nc1cc(F)c(S(=O)(=O)Nc2nccs2)cc1Cl.COc1ccc(CN(c2nccs2)S(=O)(=O)c2cc(Cl)c(N[C@H]3CC=CC[C@@H]3N(C)C)cc2F)c(OC)c1.O=CO.O=CO. The molecule has 386 valence electrons. The van der Waals surface area contributed by atoms with Crippen molar-refractivity contribution in [2.24, 2.45) is 0 Å². The number of nitrogens with one attached hydrogen (secondary N) is 3. The molecule has 0 radical (unpaired) electrons. The molecule has 26 heteroatoms. The predicted octanol–water partition coefficient (Wildman–Crippen LogP) is 8.61. The zero-order valence-electron chi connectivity index (χ0n) is 39.2. The molecular weight excluding hydrogens is 1050 g/mol. The van der Waals surface area contributed by atoms with Crippen molar-refractivity contribution in [3.05, 3.63) is 117 Å². The lowest BCUT2D eigenvalue weighted by Crippen LogP contribution is -2.44. The molecule has 4 atom stereocenters. The van der Waals surface area contributed by atoms with Crippen molar-refractivity contribution in [2.75, 3.05) is 62.1 Å². The molecule has 0 unspecified atom stereocenters. The first-order valence-corrected chi connectivity index (χ1v) is 26.6. The van der Waals surface area contributed by atoms with Gasteiger partial charge in [-0.05, 0) is 90.3 Å². The maximum Gasteiger partial charge on any atom is 0.290 e. The largest absolute Gasteiger partial charge is 0.497 e. The number of nitrogens with zero attached hydrogens (tertiary/aromatic N) is 5. The minimum absolute atomic E-state index is 0.0105. The second kappa shape index (κ2) is 27.3. The minimum atomic E-state index is -4.40. The van der Waals surface area contributed by atoms with Crippen molar-refractivity contribution >= 4 is 101 Å². The molecule has 5 N–H and O–H groups in total. The Balaban J connectivity index is 0.000000290. The summed E-state index contributed by atoms with van der Waals surface area (Å²) >= 11 is 15.0. The Hall–Kier alpha value is -5.60. The van der Waals surface area contributed by atoms with E-state index < -0.39 is 41.5 Å². The predicted molar refractivity (Wildman–Crippen MR) is 275 cm³/mol. The Bertz CT molecular complexity index is 2810. The van der Waals surface area contributed by atoms with E-state index in [1.54, 1.807) is 29.0 Å². The van der Waals surface area contributed by atoms with Crippen molar-refractivity contribution in [1.82, 2.24) is 19.8 Å². The number of hydrogen-bond acceptors (Lipinski definition) is 16. The van der Waals surface area contributed by atoms with Gasteiger partial charge in [0.2, 0.25) is 0 Å². The van der Waals surface area contributed by atoms with E-state index in [4.69, 9.17) is 52.5 Å². The number of halogens is 4. The Morgan fingerprint density at radius 2 is 1.23 bits per heavy atom. The van der Waals surface area contributed by atoms with Crippen molar-refractivity contribution in [1.29, 1.82) is 0 Å². The first-order valence-electron chi connectivity index (χ1n) is 21.1. The van der Waals surface area contributed by atoms with Crippen LogP contribution in [0.15, 0.2) is 99.7 Å². The summed E-state index contributed by atoms with van der Waals surface area (Å²) in [5.41, 5.74) is 1.26. The highest BCUT2D eigenvalue weighted by molar-refractivity contribution is 7.93. The molecule has 3 aromatic carbocycles. The number of rotatable bonds is 16. The topological polar surface area (TPSA) is 233 Å². The molecule has 0 fully saturated rings. The van der Waals surface area contributed by atoms with Gasteiger partial charge in [-0.1, -0.05) is 47.5 Å². The molecule has 18 nitrogen and oxygen atoms in total. The zero-order chi connectivity index (χ0) is 52.5. The molecule has 2 aliphatic rings. The molecule has 0 saturated carbocycles. The Labute approximate surface area is 429 Å². The van der Waals surface area contributed by atoms with E-state index in [1.807, 2.05) is 28.2 Å². The van der Waals surface area contributed by atoms with E-state index in [9.17, 15) is 21.2 Å². The maximum absolute atomic E-state index is 15.5. The third kappa shape index (κ3) is 15.7. The van der Waals surface area contributed by atoms with Crippen LogP contribution in [0.5, 0.6) is 11.5 Å². The summed E-state index contributed by atoms with van der Waals surface area (Å²) < 4.78 is 96.7. The summed E-state index contributed by atoms with van der Waals surface area (Å²) in [7, 11) is 2.43. The number of hydrogen-bond donors (Lipinski definition) is 5. The van der Waals surface area contributed by atoms with Crippen LogP contribution in [-0.2, 0) is 36.2 Å². The summed E-state index contributed by atoms with van der Waals surface area (Å²) in [6.45, 7) is -0.640. The van der Waals surface area contributed by atoms with Gasteiger partial charge in [-0.3, -0.25) is 14.3 Å². The van der Waals surface area contributed by atoms with Gasteiger partial charge in [-0.2, -0.15) is 0 Å². The summed E-state index contributed by atoms with van der Waals surface area (Å²) in [5, 5.41) is 24.2. The number of carbonyl (C=O) groups is 2. The molecule has 0 saturated heterocycles. The smallest absolute Gasteiger partial charge is 0.290 e. The number of aromatic nitrogens is 2. The van der Waals surface area contributed by atoms with Gasteiger partial charge < -0.3 is 40.1 Å².